The van der Waals surface area contributed by atoms with Gasteiger partial charge in [-0.3, -0.25) is 0 Å². The van der Waals surface area contributed by atoms with Crippen LogP contribution in [0.5, 0.6) is 11.6 Å². The first-order valence-corrected chi connectivity index (χ1v) is 5.30. The van der Waals surface area contributed by atoms with E-state index in [2.05, 4.69) is 9.97 Å². The van der Waals surface area contributed by atoms with Crippen molar-refractivity contribution in [3.05, 3.63) is 41.9 Å². The van der Waals surface area contributed by atoms with Crippen LogP contribution in [0.3, 0.4) is 0 Å². The van der Waals surface area contributed by atoms with Crippen LogP contribution in [0.1, 0.15) is 11.4 Å². The fraction of sp³-hybridized carbons (Fsp3) is 0.167. The van der Waals surface area contributed by atoms with Gasteiger partial charge in [0.1, 0.15) is 17.1 Å². The van der Waals surface area contributed by atoms with E-state index in [1.807, 2.05) is 0 Å². The summed E-state index contributed by atoms with van der Waals surface area (Å²) >= 11 is 0. The highest BCUT2D eigenvalue weighted by atomic mass is 19.4. The first kappa shape index (κ1) is 13.1. The van der Waals surface area contributed by atoms with Crippen LogP contribution >= 0.6 is 0 Å². The number of nitrogens with two attached hydrogens (primary N) is 1. The molecular formula is C12H10F3N3O. The van der Waals surface area contributed by atoms with E-state index in [0.717, 1.165) is 12.1 Å². The van der Waals surface area contributed by atoms with Crippen LogP contribution in [0.15, 0.2) is 30.5 Å². The molecule has 0 saturated carbocycles. The van der Waals surface area contributed by atoms with E-state index in [9.17, 15) is 13.2 Å². The molecule has 0 bridgehead atoms. The van der Waals surface area contributed by atoms with Crippen LogP contribution in [0, 0.1) is 6.92 Å². The van der Waals surface area contributed by atoms with Crippen LogP contribution in [0.25, 0.3) is 0 Å². The lowest BCUT2D eigenvalue weighted by atomic mass is 10.1. The van der Waals surface area contributed by atoms with Gasteiger partial charge in [0.15, 0.2) is 0 Å². The molecule has 4 nitrogen and oxygen atoms in total. The maximum Gasteiger partial charge on any atom is 0.420 e. The van der Waals surface area contributed by atoms with E-state index >= 15 is 0 Å². The Kier molecular flexibility index (Phi) is 3.28. The SMILES string of the molecule is Cc1nccc(Oc2ccc(N)cc2C(F)(F)F)n1. The maximum atomic E-state index is 12.8. The Labute approximate surface area is 107 Å². The van der Waals surface area contributed by atoms with E-state index in [4.69, 9.17) is 10.5 Å². The predicted molar refractivity (Wildman–Crippen MR) is 62.7 cm³/mol. The Hall–Kier alpha value is -2.31. The third-order valence-electron chi connectivity index (χ3n) is 2.27. The van der Waals surface area contributed by atoms with Crippen LogP contribution < -0.4 is 10.5 Å². The lowest BCUT2D eigenvalue weighted by Gasteiger charge is -2.13. The number of alkyl halides is 3. The minimum absolute atomic E-state index is 0.0125. The lowest BCUT2D eigenvalue weighted by Crippen LogP contribution is -2.08. The van der Waals surface area contributed by atoms with E-state index in [1.165, 1.54) is 18.3 Å². The number of aromatic nitrogens is 2. The van der Waals surface area contributed by atoms with Crippen LogP contribution in [-0.2, 0) is 6.18 Å². The Morgan fingerprint density at radius 2 is 1.95 bits per heavy atom. The summed E-state index contributed by atoms with van der Waals surface area (Å²) in [5, 5.41) is 0. The molecule has 19 heavy (non-hydrogen) atoms. The number of hydrogen-bond donors (Lipinski definition) is 1. The molecular weight excluding hydrogens is 259 g/mol. The highest BCUT2D eigenvalue weighted by Crippen LogP contribution is 2.38. The van der Waals surface area contributed by atoms with Gasteiger partial charge in [0, 0.05) is 18.0 Å². The van der Waals surface area contributed by atoms with Gasteiger partial charge in [-0.25, -0.2) is 4.98 Å². The monoisotopic (exact) mass is 269 g/mol. The smallest absolute Gasteiger partial charge is 0.420 e. The van der Waals surface area contributed by atoms with E-state index in [-0.39, 0.29) is 17.3 Å². The maximum absolute atomic E-state index is 12.8. The number of aryl methyl sites for hydroxylation is 1. The molecule has 0 saturated heterocycles. The molecule has 0 unspecified atom stereocenters. The summed E-state index contributed by atoms with van der Waals surface area (Å²) in [6.07, 6.45) is -3.14. The Morgan fingerprint density at radius 3 is 2.58 bits per heavy atom. The molecule has 7 heteroatoms. The highest BCUT2D eigenvalue weighted by Gasteiger charge is 2.34. The molecule has 100 valence electrons. The molecule has 0 aliphatic carbocycles. The molecule has 2 rings (SSSR count). The first-order chi connectivity index (χ1) is 8.86. The molecule has 0 atom stereocenters. The fourth-order valence-electron chi connectivity index (χ4n) is 1.46. The summed E-state index contributed by atoms with van der Waals surface area (Å²) in [6.45, 7) is 1.61. The van der Waals surface area contributed by atoms with Gasteiger partial charge in [-0.1, -0.05) is 0 Å². The van der Waals surface area contributed by atoms with Crippen LogP contribution in [-0.4, -0.2) is 9.97 Å². The highest BCUT2D eigenvalue weighted by molar-refractivity contribution is 5.49. The zero-order valence-corrected chi connectivity index (χ0v) is 9.90. The average Bonchev–Trinajstić information content (AvgIpc) is 2.30. The molecule has 0 radical (unpaired) electrons. The van der Waals surface area contributed by atoms with Crippen molar-refractivity contribution < 1.29 is 17.9 Å². The van der Waals surface area contributed by atoms with E-state index in [0.29, 0.717) is 5.82 Å². The van der Waals surface area contributed by atoms with E-state index in [1.54, 1.807) is 6.92 Å². The Bertz CT molecular complexity index is 599. The third-order valence-corrected chi connectivity index (χ3v) is 2.27. The van der Waals surface area contributed by atoms with Crippen molar-refractivity contribution in [2.75, 3.05) is 5.73 Å². The van der Waals surface area contributed by atoms with Crippen molar-refractivity contribution in [2.45, 2.75) is 13.1 Å². The van der Waals surface area contributed by atoms with Gasteiger partial charge in [0.05, 0.1) is 0 Å². The number of anilines is 1. The van der Waals surface area contributed by atoms with Gasteiger partial charge >= 0.3 is 6.18 Å². The molecule has 1 heterocycles. The second-order valence-corrected chi connectivity index (χ2v) is 3.80. The summed E-state index contributed by atoms with van der Waals surface area (Å²) < 4.78 is 43.7. The summed E-state index contributed by atoms with van der Waals surface area (Å²) in [7, 11) is 0. The van der Waals surface area contributed by atoms with Crippen LogP contribution in [0.4, 0.5) is 18.9 Å². The zero-order valence-electron chi connectivity index (χ0n) is 9.90. The van der Waals surface area contributed by atoms with Crippen molar-refractivity contribution in [1.82, 2.24) is 9.97 Å². The van der Waals surface area contributed by atoms with Gasteiger partial charge < -0.3 is 10.5 Å². The minimum atomic E-state index is -4.55. The van der Waals surface area contributed by atoms with Crippen molar-refractivity contribution in [3.63, 3.8) is 0 Å². The van der Waals surface area contributed by atoms with Gasteiger partial charge in [-0.15, -0.1) is 0 Å². The summed E-state index contributed by atoms with van der Waals surface area (Å²) in [4.78, 5) is 7.72. The van der Waals surface area contributed by atoms with Gasteiger partial charge in [0.25, 0.3) is 0 Å². The molecule has 2 aromatic rings. The Balaban J connectivity index is 2.40. The third kappa shape index (κ3) is 3.12. The van der Waals surface area contributed by atoms with Crippen molar-refractivity contribution in [3.8, 4) is 11.6 Å². The largest absolute Gasteiger partial charge is 0.438 e. The number of halogens is 3. The topological polar surface area (TPSA) is 61.0 Å². The molecule has 0 amide bonds. The number of rotatable bonds is 2. The van der Waals surface area contributed by atoms with Gasteiger partial charge in [-0.2, -0.15) is 18.2 Å². The molecule has 1 aromatic carbocycles. The predicted octanol–water partition coefficient (Wildman–Crippen LogP) is 3.18. The number of ether oxygens (including phenoxy) is 1. The summed E-state index contributed by atoms with van der Waals surface area (Å²) in [5.74, 6) is 0.101. The molecule has 0 aliphatic heterocycles. The molecule has 2 N–H and O–H groups in total. The molecule has 1 aromatic heterocycles. The summed E-state index contributed by atoms with van der Waals surface area (Å²) in [5.41, 5.74) is 4.43. The summed E-state index contributed by atoms with van der Waals surface area (Å²) in [6, 6.07) is 4.70. The number of nitrogen functional groups attached to an aromatic ring is 1. The molecule has 0 aliphatic rings. The number of nitrogens with zero attached hydrogens (tertiary/aromatic N) is 2. The normalized spacial score (nSPS) is 11.4. The average molecular weight is 269 g/mol. The zero-order chi connectivity index (χ0) is 14.0. The second kappa shape index (κ2) is 4.75. The fourth-order valence-corrected chi connectivity index (χ4v) is 1.46. The molecule has 0 spiro atoms. The van der Waals surface area contributed by atoms with Gasteiger partial charge in [-0.05, 0) is 25.1 Å². The standard InChI is InChI=1S/C12H10F3N3O/c1-7-17-5-4-11(18-7)19-10-3-2-8(16)6-9(10)12(13,14)15/h2-6H,16H2,1H3. The number of hydrogen-bond acceptors (Lipinski definition) is 4. The lowest BCUT2D eigenvalue weighted by molar-refractivity contribution is -0.138. The molecule has 0 fully saturated rings. The van der Waals surface area contributed by atoms with Crippen molar-refractivity contribution >= 4 is 5.69 Å². The van der Waals surface area contributed by atoms with Crippen LogP contribution in [0.2, 0.25) is 0 Å². The quantitative estimate of drug-likeness (QED) is 0.850. The van der Waals surface area contributed by atoms with Crippen molar-refractivity contribution in [1.29, 1.82) is 0 Å². The second-order valence-electron chi connectivity index (χ2n) is 3.80. The number of benzene rings is 1. The Morgan fingerprint density at radius 1 is 1.21 bits per heavy atom. The van der Waals surface area contributed by atoms with E-state index < -0.39 is 11.7 Å². The first-order valence-electron chi connectivity index (χ1n) is 5.30. The minimum Gasteiger partial charge on any atom is -0.438 e. The van der Waals surface area contributed by atoms with Crippen molar-refractivity contribution in [2.24, 2.45) is 0 Å². The van der Waals surface area contributed by atoms with Gasteiger partial charge in [0.2, 0.25) is 5.88 Å².